The van der Waals surface area contributed by atoms with Crippen LogP contribution in [0.5, 0.6) is 5.75 Å². The number of nitrogens with zero attached hydrogens (tertiary/aromatic N) is 1. The van der Waals surface area contributed by atoms with Crippen LogP contribution < -0.4 is 15.0 Å². The molecule has 0 radical (unpaired) electrons. The molecule has 0 bridgehead atoms. The third-order valence-corrected chi connectivity index (χ3v) is 4.21. The zero-order chi connectivity index (χ0) is 16.3. The van der Waals surface area contributed by atoms with Gasteiger partial charge in [-0.25, -0.2) is 0 Å². The topological polar surface area (TPSA) is 75.7 Å². The second kappa shape index (κ2) is 6.83. The maximum Gasteiger partial charge on any atom is 0.228 e. The second-order valence-electron chi connectivity index (χ2n) is 5.01. The van der Waals surface area contributed by atoms with Gasteiger partial charge in [0, 0.05) is 43.8 Å². The molecular formula is C15H18N2O4S. The summed E-state index contributed by atoms with van der Waals surface area (Å²) in [7, 11) is 1.50. The first kappa shape index (κ1) is 16.4. The summed E-state index contributed by atoms with van der Waals surface area (Å²) in [4.78, 5) is 36.1. The molecule has 1 aliphatic heterocycles. The first-order valence-corrected chi connectivity index (χ1v) is 7.72. The van der Waals surface area contributed by atoms with E-state index in [2.05, 4.69) is 5.32 Å². The summed E-state index contributed by atoms with van der Waals surface area (Å²) >= 11 is 1.20. The third-order valence-electron chi connectivity index (χ3n) is 3.23. The van der Waals surface area contributed by atoms with Crippen molar-refractivity contribution in [3.05, 3.63) is 18.2 Å². The highest BCUT2D eigenvalue weighted by atomic mass is 32.2. The number of benzene rings is 1. The Balaban J connectivity index is 2.20. The molecule has 118 valence electrons. The standard InChI is InChI=1S/C15H18N2O4S/c1-9(18)16-13-5-4-11(6-14(13)21-3)17-8-12(7-15(17)20)22-10(2)19/h4-6,12H,7-8H2,1-3H3,(H,16,18). The number of anilines is 2. The number of rotatable bonds is 4. The van der Waals surface area contributed by atoms with E-state index in [0.717, 1.165) is 0 Å². The molecule has 2 rings (SSSR count). The van der Waals surface area contributed by atoms with Gasteiger partial charge in [-0.2, -0.15) is 0 Å². The van der Waals surface area contributed by atoms with Crippen LogP contribution in [0, 0.1) is 0 Å². The first-order valence-electron chi connectivity index (χ1n) is 6.84. The molecule has 0 spiro atoms. The molecule has 1 heterocycles. The van der Waals surface area contributed by atoms with E-state index in [-0.39, 0.29) is 22.2 Å². The molecule has 1 saturated heterocycles. The van der Waals surface area contributed by atoms with Crippen LogP contribution in [0.1, 0.15) is 20.3 Å². The summed E-state index contributed by atoms with van der Waals surface area (Å²) in [6, 6.07) is 5.17. The van der Waals surface area contributed by atoms with Gasteiger partial charge in [0.2, 0.25) is 11.8 Å². The number of carbonyl (C=O) groups is 3. The van der Waals surface area contributed by atoms with Gasteiger partial charge >= 0.3 is 0 Å². The normalized spacial score (nSPS) is 17.5. The predicted octanol–water partition coefficient (Wildman–Crippen LogP) is 2.04. The Bertz CT molecular complexity index is 618. The summed E-state index contributed by atoms with van der Waals surface area (Å²) in [5.41, 5.74) is 1.25. The SMILES string of the molecule is COc1cc(N2CC(SC(C)=O)CC2=O)ccc1NC(C)=O. The lowest BCUT2D eigenvalue weighted by Gasteiger charge is -2.18. The minimum atomic E-state index is -0.193. The lowest BCUT2D eigenvalue weighted by molar-refractivity contribution is -0.117. The highest BCUT2D eigenvalue weighted by molar-refractivity contribution is 8.14. The van der Waals surface area contributed by atoms with E-state index in [1.807, 2.05) is 0 Å². The van der Waals surface area contributed by atoms with Crippen molar-refractivity contribution >= 4 is 40.1 Å². The average Bonchev–Trinajstić information content (AvgIpc) is 2.78. The van der Waals surface area contributed by atoms with Crippen LogP contribution in [0.2, 0.25) is 0 Å². The number of carbonyl (C=O) groups excluding carboxylic acids is 3. The fourth-order valence-corrected chi connectivity index (χ4v) is 3.30. The average molecular weight is 322 g/mol. The molecule has 1 unspecified atom stereocenters. The highest BCUT2D eigenvalue weighted by Gasteiger charge is 2.32. The molecule has 0 saturated carbocycles. The zero-order valence-corrected chi connectivity index (χ0v) is 13.5. The Kier molecular flexibility index (Phi) is 5.07. The van der Waals surface area contributed by atoms with Crippen molar-refractivity contribution in [1.29, 1.82) is 0 Å². The number of hydrogen-bond acceptors (Lipinski definition) is 5. The Hall–Kier alpha value is -2.02. The van der Waals surface area contributed by atoms with Crippen LogP contribution in [0.4, 0.5) is 11.4 Å². The van der Waals surface area contributed by atoms with Crippen molar-refractivity contribution < 1.29 is 19.1 Å². The maximum absolute atomic E-state index is 12.1. The van der Waals surface area contributed by atoms with Crippen molar-refractivity contribution in [3.63, 3.8) is 0 Å². The number of hydrogen-bond donors (Lipinski definition) is 1. The fraction of sp³-hybridized carbons (Fsp3) is 0.400. The summed E-state index contributed by atoms with van der Waals surface area (Å²) in [6.07, 6.45) is 0.347. The molecule has 7 heteroatoms. The summed E-state index contributed by atoms with van der Waals surface area (Å²) < 4.78 is 5.26. The summed E-state index contributed by atoms with van der Waals surface area (Å²) in [6.45, 7) is 3.41. The minimum absolute atomic E-state index is 0.0123. The lowest BCUT2D eigenvalue weighted by Crippen LogP contribution is -2.25. The molecule has 0 aliphatic carbocycles. The van der Waals surface area contributed by atoms with E-state index >= 15 is 0 Å². The van der Waals surface area contributed by atoms with Gasteiger partial charge in [-0.3, -0.25) is 14.4 Å². The summed E-state index contributed by atoms with van der Waals surface area (Å²) in [5, 5.41) is 2.66. The van der Waals surface area contributed by atoms with Crippen molar-refractivity contribution in [3.8, 4) is 5.75 Å². The van der Waals surface area contributed by atoms with Gasteiger partial charge in [0.25, 0.3) is 0 Å². The molecule has 22 heavy (non-hydrogen) atoms. The van der Waals surface area contributed by atoms with E-state index < -0.39 is 0 Å². The van der Waals surface area contributed by atoms with E-state index in [1.54, 1.807) is 23.1 Å². The van der Waals surface area contributed by atoms with E-state index in [9.17, 15) is 14.4 Å². The van der Waals surface area contributed by atoms with Gasteiger partial charge < -0.3 is 15.0 Å². The molecule has 1 N–H and O–H groups in total. The number of amides is 2. The molecule has 6 nitrogen and oxygen atoms in total. The largest absolute Gasteiger partial charge is 0.494 e. The molecule has 1 atom stereocenters. The van der Waals surface area contributed by atoms with Crippen molar-refractivity contribution in [1.82, 2.24) is 0 Å². The van der Waals surface area contributed by atoms with Crippen molar-refractivity contribution in [2.45, 2.75) is 25.5 Å². The monoisotopic (exact) mass is 322 g/mol. The van der Waals surface area contributed by atoms with Crippen molar-refractivity contribution in [2.24, 2.45) is 0 Å². The Labute approximate surface area is 133 Å². The zero-order valence-electron chi connectivity index (χ0n) is 12.7. The van der Waals surface area contributed by atoms with Gasteiger partial charge in [0.05, 0.1) is 12.8 Å². The summed E-state index contributed by atoms with van der Waals surface area (Å²) in [5.74, 6) is 0.275. The van der Waals surface area contributed by atoms with Crippen molar-refractivity contribution in [2.75, 3.05) is 23.9 Å². The van der Waals surface area contributed by atoms with Crippen LogP contribution in [0.25, 0.3) is 0 Å². The molecule has 1 fully saturated rings. The maximum atomic E-state index is 12.1. The van der Waals surface area contributed by atoms with Gasteiger partial charge in [-0.15, -0.1) is 0 Å². The Morgan fingerprint density at radius 1 is 1.36 bits per heavy atom. The third kappa shape index (κ3) is 3.79. The fourth-order valence-electron chi connectivity index (χ4n) is 2.38. The molecule has 1 aromatic rings. The lowest BCUT2D eigenvalue weighted by atomic mass is 10.2. The Morgan fingerprint density at radius 3 is 2.68 bits per heavy atom. The molecule has 1 aliphatic rings. The van der Waals surface area contributed by atoms with Gasteiger partial charge in [-0.05, 0) is 12.1 Å². The van der Waals surface area contributed by atoms with Crippen LogP contribution >= 0.6 is 11.8 Å². The van der Waals surface area contributed by atoms with Gasteiger partial charge in [-0.1, -0.05) is 11.8 Å². The van der Waals surface area contributed by atoms with Gasteiger partial charge in [0.1, 0.15) is 5.75 Å². The Morgan fingerprint density at radius 2 is 2.09 bits per heavy atom. The van der Waals surface area contributed by atoms with Crippen LogP contribution in [-0.4, -0.2) is 35.8 Å². The van der Waals surface area contributed by atoms with E-state index in [0.29, 0.717) is 30.1 Å². The number of nitrogens with one attached hydrogen (secondary N) is 1. The molecule has 1 aromatic carbocycles. The molecule has 0 aromatic heterocycles. The van der Waals surface area contributed by atoms with E-state index in [4.69, 9.17) is 4.74 Å². The van der Waals surface area contributed by atoms with Crippen LogP contribution in [0.15, 0.2) is 18.2 Å². The molecule has 2 amide bonds. The number of methoxy groups -OCH3 is 1. The highest BCUT2D eigenvalue weighted by Crippen LogP contribution is 2.34. The second-order valence-corrected chi connectivity index (χ2v) is 6.48. The first-order chi connectivity index (χ1) is 10.4. The minimum Gasteiger partial charge on any atom is -0.494 e. The van der Waals surface area contributed by atoms with Gasteiger partial charge in [0.15, 0.2) is 5.12 Å². The predicted molar refractivity (Wildman–Crippen MR) is 86.3 cm³/mol. The number of thioether (sulfide) groups is 1. The number of ether oxygens (including phenoxy) is 1. The van der Waals surface area contributed by atoms with Crippen LogP contribution in [0.3, 0.4) is 0 Å². The van der Waals surface area contributed by atoms with Crippen LogP contribution in [-0.2, 0) is 14.4 Å². The van der Waals surface area contributed by atoms with E-state index in [1.165, 1.54) is 32.7 Å². The smallest absolute Gasteiger partial charge is 0.228 e. The quantitative estimate of drug-likeness (QED) is 0.918. The molecular weight excluding hydrogens is 304 g/mol.